The van der Waals surface area contributed by atoms with E-state index in [-0.39, 0.29) is 5.41 Å². The minimum atomic E-state index is -0.476. The van der Waals surface area contributed by atoms with E-state index in [0.29, 0.717) is 11.3 Å². The van der Waals surface area contributed by atoms with E-state index in [0.717, 1.165) is 48.4 Å². The molecule has 0 aliphatic heterocycles. The number of aliphatic hydroxyl groups is 1. The van der Waals surface area contributed by atoms with Gasteiger partial charge >= 0.3 is 0 Å². The summed E-state index contributed by atoms with van der Waals surface area (Å²) in [6, 6.07) is 0. The second-order valence-corrected chi connectivity index (χ2v) is 9.96. The Morgan fingerprint density at radius 3 is 2.54 bits per heavy atom. The molecule has 0 aromatic carbocycles. The van der Waals surface area contributed by atoms with E-state index in [1.54, 1.807) is 0 Å². The minimum absolute atomic E-state index is 0.118. The molecular weight excluding hydrogens is 300 g/mol. The molecule has 4 aliphatic carbocycles. The summed E-state index contributed by atoms with van der Waals surface area (Å²) in [5.41, 5.74) is 2.20. The van der Waals surface area contributed by atoms with Crippen LogP contribution in [0.1, 0.15) is 70.7 Å². The van der Waals surface area contributed by atoms with Crippen LogP contribution in [0, 0.1) is 34.5 Å². The van der Waals surface area contributed by atoms with Crippen LogP contribution in [0.2, 0.25) is 0 Å². The van der Waals surface area contributed by atoms with Crippen LogP contribution in [0.15, 0.2) is 4.63 Å². The summed E-state index contributed by atoms with van der Waals surface area (Å²) >= 11 is 0. The second-order valence-electron chi connectivity index (χ2n) is 9.96. The Kier molecular flexibility index (Phi) is 2.96. The van der Waals surface area contributed by atoms with Gasteiger partial charge in [0.15, 0.2) is 0 Å². The Morgan fingerprint density at radius 1 is 0.958 bits per heavy atom. The van der Waals surface area contributed by atoms with Gasteiger partial charge in [0.25, 0.3) is 0 Å². The molecule has 0 spiro atoms. The number of fused-ring (bicyclic) bond motifs is 6. The standard InChI is InChI=1S/C20H30N2O2/c1-18-11-17-16(21-24-22-17)10-12(18)4-5-13-14(18)6-8-19(2)15(13)7-9-20(19,3)23/h12-15,23H,4-11H2,1-3H3/t12-,13+,14-,15+,18-,19+,20-/m0/s1. The SMILES string of the molecule is C[C@]12Cc3nonc3C[C@@H]1CC[C@H]1[C@H]3CC[C@](C)(O)[C@]3(C)CC[C@@H]12. The number of hydrogen-bond donors (Lipinski definition) is 1. The highest BCUT2D eigenvalue weighted by atomic mass is 16.6. The van der Waals surface area contributed by atoms with Crippen molar-refractivity contribution in [3.63, 3.8) is 0 Å². The van der Waals surface area contributed by atoms with Crippen LogP contribution < -0.4 is 0 Å². The van der Waals surface area contributed by atoms with Gasteiger partial charge in [-0.3, -0.25) is 0 Å². The zero-order valence-electron chi connectivity index (χ0n) is 15.2. The van der Waals surface area contributed by atoms with Crippen LogP contribution in [0.5, 0.6) is 0 Å². The third-order valence-electron chi connectivity index (χ3n) is 9.25. The van der Waals surface area contributed by atoms with Gasteiger partial charge in [-0.25, -0.2) is 4.63 Å². The molecule has 3 fully saturated rings. The highest BCUT2D eigenvalue weighted by Crippen LogP contribution is 2.67. The third kappa shape index (κ3) is 1.73. The summed E-state index contributed by atoms with van der Waals surface area (Å²) in [6.45, 7) is 6.98. The lowest BCUT2D eigenvalue weighted by Crippen LogP contribution is -2.56. The average molecular weight is 330 g/mol. The normalized spacial score (nSPS) is 53.0. The van der Waals surface area contributed by atoms with Crippen LogP contribution in [0.4, 0.5) is 0 Å². The highest BCUT2D eigenvalue weighted by Gasteiger charge is 2.63. The van der Waals surface area contributed by atoms with Crippen molar-refractivity contribution >= 4 is 0 Å². The Morgan fingerprint density at radius 2 is 1.71 bits per heavy atom. The van der Waals surface area contributed by atoms with Crippen molar-refractivity contribution in [3.05, 3.63) is 11.4 Å². The van der Waals surface area contributed by atoms with Gasteiger partial charge in [-0.2, -0.15) is 0 Å². The lowest BCUT2D eigenvalue weighted by atomic mass is 9.45. The number of nitrogens with zero attached hydrogens (tertiary/aromatic N) is 2. The van der Waals surface area contributed by atoms with E-state index in [2.05, 4.69) is 31.1 Å². The predicted octanol–water partition coefficient (Wildman–Crippen LogP) is 3.78. The monoisotopic (exact) mass is 330 g/mol. The molecule has 4 aliphatic rings. The fourth-order valence-electron chi connectivity index (χ4n) is 7.50. The Balaban J connectivity index is 1.50. The van der Waals surface area contributed by atoms with E-state index in [9.17, 15) is 5.11 Å². The summed E-state index contributed by atoms with van der Waals surface area (Å²) in [6.07, 6.45) is 9.37. The third-order valence-corrected chi connectivity index (χ3v) is 9.25. The van der Waals surface area contributed by atoms with Crippen LogP contribution in [0.3, 0.4) is 0 Å². The van der Waals surface area contributed by atoms with Crippen molar-refractivity contribution in [1.82, 2.24) is 10.3 Å². The van der Waals surface area contributed by atoms with Crippen molar-refractivity contribution in [2.45, 2.75) is 77.7 Å². The average Bonchev–Trinajstić information content (AvgIpc) is 3.06. The summed E-state index contributed by atoms with van der Waals surface area (Å²) < 4.78 is 5.03. The second kappa shape index (κ2) is 4.63. The zero-order chi connectivity index (χ0) is 16.7. The number of rotatable bonds is 0. The number of hydrogen-bond acceptors (Lipinski definition) is 4. The zero-order valence-corrected chi connectivity index (χ0v) is 15.2. The van der Waals surface area contributed by atoms with Crippen LogP contribution in [-0.4, -0.2) is 21.0 Å². The maximum absolute atomic E-state index is 11.0. The Labute approximate surface area is 144 Å². The topological polar surface area (TPSA) is 59.2 Å². The molecule has 4 nitrogen and oxygen atoms in total. The van der Waals surface area contributed by atoms with Gasteiger partial charge in [0, 0.05) is 6.42 Å². The van der Waals surface area contributed by atoms with Crippen LogP contribution in [-0.2, 0) is 12.8 Å². The molecule has 0 radical (unpaired) electrons. The highest BCUT2D eigenvalue weighted by molar-refractivity contribution is 5.21. The maximum Gasteiger partial charge on any atom is 0.108 e. The summed E-state index contributed by atoms with van der Waals surface area (Å²) in [5.74, 6) is 2.97. The number of aromatic nitrogens is 2. The molecule has 0 unspecified atom stereocenters. The predicted molar refractivity (Wildman–Crippen MR) is 90.2 cm³/mol. The van der Waals surface area contributed by atoms with E-state index in [1.165, 1.54) is 32.1 Å². The molecule has 3 saturated carbocycles. The van der Waals surface area contributed by atoms with Gasteiger partial charge in [-0.05, 0) is 86.4 Å². The first kappa shape index (κ1) is 15.4. The van der Waals surface area contributed by atoms with Crippen molar-refractivity contribution in [2.75, 3.05) is 0 Å². The molecule has 5 rings (SSSR count). The molecule has 1 aromatic heterocycles. The summed E-state index contributed by atoms with van der Waals surface area (Å²) in [5, 5.41) is 19.4. The maximum atomic E-state index is 11.0. The molecule has 1 heterocycles. The van der Waals surface area contributed by atoms with Crippen molar-refractivity contribution in [3.8, 4) is 0 Å². The fourth-order valence-corrected chi connectivity index (χ4v) is 7.50. The van der Waals surface area contributed by atoms with E-state index >= 15 is 0 Å². The first-order valence-electron chi connectivity index (χ1n) is 9.88. The smallest absolute Gasteiger partial charge is 0.108 e. The van der Waals surface area contributed by atoms with Gasteiger partial charge in [0.1, 0.15) is 11.4 Å². The van der Waals surface area contributed by atoms with E-state index < -0.39 is 5.60 Å². The van der Waals surface area contributed by atoms with Crippen molar-refractivity contribution < 1.29 is 9.74 Å². The van der Waals surface area contributed by atoms with E-state index in [4.69, 9.17) is 4.63 Å². The van der Waals surface area contributed by atoms with Gasteiger partial charge in [0.2, 0.25) is 0 Å². The molecular formula is C20H30N2O2. The molecule has 132 valence electrons. The molecule has 0 amide bonds. The minimum Gasteiger partial charge on any atom is -0.390 e. The van der Waals surface area contributed by atoms with Gasteiger partial charge in [-0.15, -0.1) is 0 Å². The van der Waals surface area contributed by atoms with Gasteiger partial charge in [-0.1, -0.05) is 24.2 Å². The van der Waals surface area contributed by atoms with E-state index in [1.807, 2.05) is 0 Å². The fraction of sp³-hybridized carbons (Fsp3) is 0.900. The molecule has 7 atom stereocenters. The first-order valence-corrected chi connectivity index (χ1v) is 9.88. The Hall–Kier alpha value is -0.900. The quantitative estimate of drug-likeness (QED) is 0.786. The molecule has 1 aromatic rings. The Bertz CT molecular complexity index is 668. The molecule has 0 saturated heterocycles. The largest absolute Gasteiger partial charge is 0.390 e. The molecule has 4 heteroatoms. The van der Waals surface area contributed by atoms with Crippen LogP contribution >= 0.6 is 0 Å². The first-order chi connectivity index (χ1) is 11.4. The van der Waals surface area contributed by atoms with Crippen molar-refractivity contribution in [1.29, 1.82) is 0 Å². The summed E-state index contributed by atoms with van der Waals surface area (Å²) in [7, 11) is 0. The molecule has 1 N–H and O–H groups in total. The summed E-state index contributed by atoms with van der Waals surface area (Å²) in [4.78, 5) is 0. The van der Waals surface area contributed by atoms with Crippen LogP contribution in [0.25, 0.3) is 0 Å². The van der Waals surface area contributed by atoms with Gasteiger partial charge < -0.3 is 5.11 Å². The lowest BCUT2D eigenvalue weighted by molar-refractivity contribution is -0.139. The van der Waals surface area contributed by atoms with Crippen molar-refractivity contribution in [2.24, 2.45) is 34.5 Å². The lowest BCUT2D eigenvalue weighted by Gasteiger charge is -2.60. The molecule has 24 heavy (non-hydrogen) atoms. The molecule has 0 bridgehead atoms. The van der Waals surface area contributed by atoms with Gasteiger partial charge in [0.05, 0.1) is 5.60 Å².